The molecule has 0 radical (unpaired) electrons. The molecule has 0 saturated carbocycles. The summed E-state index contributed by atoms with van der Waals surface area (Å²) >= 11 is 0. The third-order valence-electron chi connectivity index (χ3n) is 6.75. The Bertz CT molecular complexity index is 1000. The van der Waals surface area contributed by atoms with Crippen LogP contribution in [0.2, 0.25) is 0 Å². The largest absolute Gasteiger partial charge is 0.469 e. The van der Waals surface area contributed by atoms with E-state index in [0.717, 1.165) is 22.5 Å². The van der Waals surface area contributed by atoms with Gasteiger partial charge in [-0.3, -0.25) is 19.3 Å². The zero-order valence-electron chi connectivity index (χ0n) is 16.5. The van der Waals surface area contributed by atoms with Crippen molar-refractivity contribution in [2.45, 2.75) is 36.1 Å². The molecule has 0 amide bonds. The van der Waals surface area contributed by atoms with E-state index in [1.807, 2.05) is 58.7 Å². The van der Waals surface area contributed by atoms with E-state index in [9.17, 15) is 9.59 Å². The van der Waals surface area contributed by atoms with Gasteiger partial charge in [0.05, 0.1) is 38.4 Å². The number of methoxy groups -OCH3 is 2. The normalized spacial score (nSPS) is 31.4. The van der Waals surface area contributed by atoms with Gasteiger partial charge in [0.15, 0.2) is 11.2 Å². The number of ether oxygens (including phenoxy) is 2. The molecule has 4 heterocycles. The summed E-state index contributed by atoms with van der Waals surface area (Å²) in [4.78, 5) is 38.1. The number of carbonyl (C=O) groups excluding carboxylic acids is 2. The minimum atomic E-state index is -0.972. The van der Waals surface area contributed by atoms with Gasteiger partial charge in [0.2, 0.25) is 0 Å². The first-order valence-corrected chi connectivity index (χ1v) is 9.85. The lowest BCUT2D eigenvalue weighted by Gasteiger charge is -2.27. The van der Waals surface area contributed by atoms with Gasteiger partial charge >= 0.3 is 11.9 Å². The van der Waals surface area contributed by atoms with Crippen molar-refractivity contribution in [3.8, 4) is 0 Å². The molecule has 0 spiro atoms. The second-order valence-corrected chi connectivity index (χ2v) is 8.04. The number of hydrogen-bond donors (Lipinski definition) is 0. The minimum absolute atomic E-state index is 0.0362. The highest BCUT2D eigenvalue weighted by Gasteiger charge is 2.78. The second kappa shape index (κ2) is 5.74. The summed E-state index contributed by atoms with van der Waals surface area (Å²) in [5.41, 5.74) is 1.47. The lowest BCUT2D eigenvalue weighted by atomic mass is 9.77. The molecule has 4 aliphatic heterocycles. The molecule has 0 aliphatic carbocycles. The Hall–Kier alpha value is -3.10. The summed E-state index contributed by atoms with van der Waals surface area (Å²) in [5.74, 6) is -0.738. The molecule has 0 aromatic heterocycles. The van der Waals surface area contributed by atoms with Gasteiger partial charge in [0, 0.05) is 11.1 Å². The lowest BCUT2D eigenvalue weighted by Crippen LogP contribution is -2.46. The van der Waals surface area contributed by atoms with Crippen LogP contribution in [0.4, 0.5) is 11.4 Å². The van der Waals surface area contributed by atoms with E-state index in [1.165, 1.54) is 14.2 Å². The van der Waals surface area contributed by atoms with Crippen LogP contribution in [0, 0.1) is 0 Å². The highest BCUT2D eigenvalue weighted by Crippen LogP contribution is 2.67. The monoisotopic (exact) mass is 408 g/mol. The van der Waals surface area contributed by atoms with Crippen LogP contribution in [-0.2, 0) is 39.9 Å². The van der Waals surface area contributed by atoms with E-state index in [4.69, 9.17) is 19.1 Å². The zero-order valence-corrected chi connectivity index (χ0v) is 16.5. The first kappa shape index (κ1) is 17.7. The Morgan fingerprint density at radius 2 is 1.20 bits per heavy atom. The van der Waals surface area contributed by atoms with Crippen molar-refractivity contribution >= 4 is 23.3 Å². The third-order valence-corrected chi connectivity index (χ3v) is 6.75. The standard InChI is InChI=1S/C22H20N2O6/c1-27-17(25)11-21-13-7-3-5-9-15(13)23-19(21)20-22(30-23,12-18(26)28-2)14-8-4-6-10-16(14)24(20)29-21/h3-10,19-20H,11-12H2,1-2H3. The molecule has 8 nitrogen and oxygen atoms in total. The molecule has 4 atom stereocenters. The summed E-state index contributed by atoms with van der Waals surface area (Å²) in [6.07, 6.45) is 0.0724. The van der Waals surface area contributed by atoms with Gasteiger partial charge < -0.3 is 9.47 Å². The summed E-state index contributed by atoms with van der Waals surface area (Å²) in [5, 5.41) is 3.64. The van der Waals surface area contributed by atoms with E-state index in [1.54, 1.807) is 0 Å². The van der Waals surface area contributed by atoms with Gasteiger partial charge in [-0.2, -0.15) is 0 Å². The predicted molar refractivity (Wildman–Crippen MR) is 104 cm³/mol. The zero-order chi connectivity index (χ0) is 20.7. The van der Waals surface area contributed by atoms with Gasteiger partial charge in [-0.1, -0.05) is 36.4 Å². The van der Waals surface area contributed by atoms with Crippen molar-refractivity contribution in [3.63, 3.8) is 0 Å². The molecule has 30 heavy (non-hydrogen) atoms. The van der Waals surface area contributed by atoms with Crippen molar-refractivity contribution < 1.29 is 28.7 Å². The van der Waals surface area contributed by atoms with Crippen LogP contribution in [-0.4, -0.2) is 38.2 Å². The maximum absolute atomic E-state index is 12.5. The molecular formula is C22H20N2O6. The average Bonchev–Trinajstić information content (AvgIpc) is 3.43. The van der Waals surface area contributed by atoms with E-state index in [0.29, 0.717) is 0 Å². The van der Waals surface area contributed by atoms with E-state index < -0.39 is 11.2 Å². The summed E-state index contributed by atoms with van der Waals surface area (Å²) in [6, 6.07) is 14.8. The van der Waals surface area contributed by atoms with Gasteiger partial charge in [0.25, 0.3) is 0 Å². The molecule has 8 heteroatoms. The number of carbonyl (C=O) groups is 2. The summed E-state index contributed by atoms with van der Waals surface area (Å²) in [7, 11) is 2.74. The van der Waals surface area contributed by atoms with Crippen LogP contribution in [0.1, 0.15) is 24.0 Å². The number of fused-ring (bicyclic) bond motifs is 6. The smallest absolute Gasteiger partial charge is 0.309 e. The Morgan fingerprint density at radius 1 is 0.800 bits per heavy atom. The Morgan fingerprint density at radius 3 is 1.60 bits per heavy atom. The molecule has 6 rings (SSSR count). The van der Waals surface area contributed by atoms with Crippen molar-refractivity contribution in [2.75, 3.05) is 24.3 Å². The Labute approximate surface area is 172 Å². The molecular weight excluding hydrogens is 388 g/mol. The number of benzene rings is 2. The first-order chi connectivity index (χ1) is 14.6. The van der Waals surface area contributed by atoms with Crippen LogP contribution in [0.15, 0.2) is 48.5 Å². The van der Waals surface area contributed by atoms with Crippen LogP contribution < -0.4 is 10.1 Å². The maximum Gasteiger partial charge on any atom is 0.309 e. The third kappa shape index (κ3) is 1.88. The van der Waals surface area contributed by atoms with Crippen LogP contribution in [0.25, 0.3) is 0 Å². The summed E-state index contributed by atoms with van der Waals surface area (Å²) < 4.78 is 10.0. The van der Waals surface area contributed by atoms with Crippen molar-refractivity contribution in [2.24, 2.45) is 0 Å². The molecule has 0 N–H and O–H groups in total. The number of para-hydroxylation sites is 2. The van der Waals surface area contributed by atoms with Crippen LogP contribution in [0.3, 0.4) is 0 Å². The van der Waals surface area contributed by atoms with Crippen molar-refractivity contribution in [1.29, 1.82) is 0 Å². The fourth-order valence-electron chi connectivity index (χ4n) is 5.62. The quantitative estimate of drug-likeness (QED) is 0.713. The van der Waals surface area contributed by atoms with Crippen molar-refractivity contribution in [1.82, 2.24) is 0 Å². The van der Waals surface area contributed by atoms with E-state index in [-0.39, 0.29) is 36.9 Å². The van der Waals surface area contributed by atoms with Gasteiger partial charge in [-0.05, 0) is 12.1 Å². The molecule has 2 saturated heterocycles. The number of esters is 2. The number of anilines is 2. The molecule has 2 fully saturated rings. The number of hydroxylamine groups is 2. The van der Waals surface area contributed by atoms with Gasteiger partial charge in [0.1, 0.15) is 12.1 Å². The Balaban J connectivity index is 1.58. The minimum Gasteiger partial charge on any atom is -0.469 e. The Kier molecular flexibility index (Phi) is 3.39. The summed E-state index contributed by atoms with van der Waals surface area (Å²) in [6.45, 7) is 0. The topological polar surface area (TPSA) is 77.5 Å². The first-order valence-electron chi connectivity index (χ1n) is 9.85. The van der Waals surface area contributed by atoms with E-state index >= 15 is 0 Å². The SMILES string of the molecule is COC(=O)CC12ON3c4ccccc4C4(CC(=O)OC)ON(c5ccccc51)C2C34. The van der Waals surface area contributed by atoms with Crippen molar-refractivity contribution in [3.05, 3.63) is 59.7 Å². The van der Waals surface area contributed by atoms with Crippen LogP contribution >= 0.6 is 0 Å². The molecule has 154 valence electrons. The van der Waals surface area contributed by atoms with Gasteiger partial charge in [-0.25, -0.2) is 10.1 Å². The predicted octanol–water partition coefficient (Wildman–Crippen LogP) is 2.17. The highest BCUT2D eigenvalue weighted by atomic mass is 16.8. The number of hydrogen-bond acceptors (Lipinski definition) is 8. The number of rotatable bonds is 4. The molecule has 0 bridgehead atoms. The maximum atomic E-state index is 12.5. The highest BCUT2D eigenvalue weighted by molar-refractivity contribution is 5.80. The van der Waals surface area contributed by atoms with E-state index in [2.05, 4.69) is 0 Å². The second-order valence-electron chi connectivity index (χ2n) is 8.04. The molecule has 4 aliphatic rings. The van der Waals surface area contributed by atoms with Gasteiger partial charge in [-0.15, -0.1) is 0 Å². The molecule has 2 aromatic carbocycles. The van der Waals surface area contributed by atoms with Crippen LogP contribution in [0.5, 0.6) is 0 Å². The average molecular weight is 408 g/mol. The number of nitrogens with zero attached hydrogens (tertiary/aromatic N) is 2. The lowest BCUT2D eigenvalue weighted by molar-refractivity contribution is -0.150. The fraction of sp³-hybridized carbons (Fsp3) is 0.364. The fourth-order valence-corrected chi connectivity index (χ4v) is 5.62. The molecule has 2 aromatic rings. The molecule has 4 unspecified atom stereocenters.